The first-order valence-electron chi connectivity index (χ1n) is 3.30. The van der Waals surface area contributed by atoms with Crippen molar-refractivity contribution in [2.24, 2.45) is 0 Å². The SMILES string of the molecule is [CH2]CSCCC(C)=CC. The predicted octanol–water partition coefficient (Wildman–Crippen LogP) is 2.91. The van der Waals surface area contributed by atoms with E-state index in [-0.39, 0.29) is 0 Å². The van der Waals surface area contributed by atoms with Gasteiger partial charge < -0.3 is 0 Å². The first-order valence-corrected chi connectivity index (χ1v) is 4.45. The minimum Gasteiger partial charge on any atom is -0.162 e. The van der Waals surface area contributed by atoms with E-state index in [0.29, 0.717) is 0 Å². The molecule has 0 aromatic heterocycles. The second kappa shape index (κ2) is 6.21. The molecule has 0 unspecified atom stereocenters. The van der Waals surface area contributed by atoms with Gasteiger partial charge in [-0.1, -0.05) is 11.6 Å². The molecule has 0 aromatic rings. The van der Waals surface area contributed by atoms with Crippen LogP contribution in [0.3, 0.4) is 0 Å². The summed E-state index contributed by atoms with van der Waals surface area (Å²) < 4.78 is 0. The van der Waals surface area contributed by atoms with Crippen LogP contribution in [0.4, 0.5) is 0 Å². The van der Waals surface area contributed by atoms with Gasteiger partial charge in [0.15, 0.2) is 0 Å². The summed E-state index contributed by atoms with van der Waals surface area (Å²) in [5.41, 5.74) is 1.48. The fraction of sp³-hybridized carbons (Fsp3) is 0.625. The van der Waals surface area contributed by atoms with Crippen LogP contribution in [0.1, 0.15) is 20.3 Å². The second-order valence-corrected chi connectivity index (χ2v) is 3.22. The first kappa shape index (κ1) is 9.09. The lowest BCUT2D eigenvalue weighted by Gasteiger charge is -1.96. The van der Waals surface area contributed by atoms with Crippen LogP contribution in [-0.4, -0.2) is 11.5 Å². The van der Waals surface area contributed by atoms with E-state index in [1.54, 1.807) is 0 Å². The lowest BCUT2D eigenvalue weighted by Crippen LogP contribution is -1.81. The van der Waals surface area contributed by atoms with Gasteiger partial charge in [-0.05, 0) is 38.7 Å². The smallest absolute Gasteiger partial charge is 0.00303 e. The number of hydrogen-bond donors (Lipinski definition) is 0. The Hall–Kier alpha value is 0.0900. The van der Waals surface area contributed by atoms with Crippen molar-refractivity contribution in [2.75, 3.05) is 11.5 Å². The van der Waals surface area contributed by atoms with Gasteiger partial charge in [-0.3, -0.25) is 0 Å². The third kappa shape index (κ3) is 5.97. The minimum atomic E-state index is 0.997. The topological polar surface area (TPSA) is 0 Å². The van der Waals surface area contributed by atoms with E-state index < -0.39 is 0 Å². The van der Waals surface area contributed by atoms with Crippen molar-refractivity contribution in [3.63, 3.8) is 0 Å². The fourth-order valence-electron chi connectivity index (χ4n) is 0.480. The summed E-state index contributed by atoms with van der Waals surface area (Å²) in [6.07, 6.45) is 3.39. The Morgan fingerprint density at radius 3 is 2.78 bits per heavy atom. The number of thioether (sulfide) groups is 1. The molecule has 0 saturated carbocycles. The van der Waals surface area contributed by atoms with Crippen LogP contribution in [0.25, 0.3) is 0 Å². The first-order chi connectivity index (χ1) is 4.31. The molecule has 0 aliphatic rings. The largest absolute Gasteiger partial charge is 0.162 e. The van der Waals surface area contributed by atoms with Gasteiger partial charge in [-0.25, -0.2) is 0 Å². The zero-order valence-corrected chi connectivity index (χ0v) is 7.13. The zero-order valence-electron chi connectivity index (χ0n) is 6.31. The van der Waals surface area contributed by atoms with Crippen LogP contribution >= 0.6 is 11.8 Å². The average molecular weight is 143 g/mol. The molecular weight excluding hydrogens is 128 g/mol. The van der Waals surface area contributed by atoms with Crippen molar-refractivity contribution in [2.45, 2.75) is 20.3 Å². The molecule has 0 aliphatic carbocycles. The van der Waals surface area contributed by atoms with Crippen molar-refractivity contribution in [3.05, 3.63) is 18.6 Å². The number of hydrogen-bond acceptors (Lipinski definition) is 1. The zero-order chi connectivity index (χ0) is 7.11. The quantitative estimate of drug-likeness (QED) is 0.431. The molecular formula is C8H15S. The van der Waals surface area contributed by atoms with Gasteiger partial charge >= 0.3 is 0 Å². The van der Waals surface area contributed by atoms with Crippen molar-refractivity contribution >= 4 is 11.8 Å². The highest BCUT2D eigenvalue weighted by molar-refractivity contribution is 7.99. The highest BCUT2D eigenvalue weighted by atomic mass is 32.2. The molecule has 53 valence electrons. The molecule has 0 N–H and O–H groups in total. The van der Waals surface area contributed by atoms with Crippen molar-refractivity contribution < 1.29 is 0 Å². The highest BCUT2D eigenvalue weighted by Crippen LogP contribution is 2.06. The molecule has 0 atom stereocenters. The molecule has 1 radical (unpaired) electrons. The fourth-order valence-corrected chi connectivity index (χ4v) is 1.15. The van der Waals surface area contributed by atoms with Crippen LogP contribution in [0.15, 0.2) is 11.6 Å². The van der Waals surface area contributed by atoms with Gasteiger partial charge in [0.25, 0.3) is 0 Å². The Balaban J connectivity index is 3.07. The molecule has 1 heteroatoms. The van der Waals surface area contributed by atoms with Gasteiger partial charge in [0.2, 0.25) is 0 Å². The van der Waals surface area contributed by atoms with E-state index in [1.807, 2.05) is 11.8 Å². The van der Waals surface area contributed by atoms with E-state index in [9.17, 15) is 0 Å². The van der Waals surface area contributed by atoms with E-state index in [4.69, 9.17) is 0 Å². The predicted molar refractivity (Wildman–Crippen MR) is 46.7 cm³/mol. The number of rotatable bonds is 4. The Morgan fingerprint density at radius 2 is 2.33 bits per heavy atom. The van der Waals surface area contributed by atoms with Gasteiger partial charge in [0, 0.05) is 0 Å². The second-order valence-electron chi connectivity index (χ2n) is 2.00. The normalized spacial score (nSPS) is 12.1. The molecule has 0 spiro atoms. The Labute approximate surface area is 62.7 Å². The molecule has 9 heavy (non-hydrogen) atoms. The van der Waals surface area contributed by atoms with Crippen LogP contribution in [0.5, 0.6) is 0 Å². The average Bonchev–Trinajstić information content (AvgIpc) is 1.89. The van der Waals surface area contributed by atoms with Crippen molar-refractivity contribution in [1.29, 1.82) is 0 Å². The van der Waals surface area contributed by atoms with E-state index in [1.165, 1.54) is 17.7 Å². The third-order valence-corrected chi connectivity index (χ3v) is 2.06. The summed E-state index contributed by atoms with van der Waals surface area (Å²) in [6.45, 7) is 8.01. The monoisotopic (exact) mass is 143 g/mol. The van der Waals surface area contributed by atoms with Crippen molar-refractivity contribution in [3.8, 4) is 0 Å². The molecule has 0 aliphatic heterocycles. The van der Waals surface area contributed by atoms with E-state index in [0.717, 1.165) is 5.75 Å². The van der Waals surface area contributed by atoms with Gasteiger partial charge in [0.05, 0.1) is 0 Å². The van der Waals surface area contributed by atoms with Crippen LogP contribution in [0, 0.1) is 6.92 Å². The summed E-state index contributed by atoms with van der Waals surface area (Å²) in [6, 6.07) is 0. The standard InChI is InChI=1S/C8H15S/c1-4-8(3)6-7-9-5-2/h4H,2,5-7H2,1,3H3. The van der Waals surface area contributed by atoms with Crippen molar-refractivity contribution in [1.82, 2.24) is 0 Å². The lowest BCUT2D eigenvalue weighted by atomic mass is 10.2. The Morgan fingerprint density at radius 1 is 1.67 bits per heavy atom. The summed E-state index contributed by atoms with van der Waals surface area (Å²) in [5, 5.41) is 0. The van der Waals surface area contributed by atoms with Crippen LogP contribution < -0.4 is 0 Å². The third-order valence-electron chi connectivity index (χ3n) is 1.28. The maximum absolute atomic E-state index is 3.75. The molecule has 0 heterocycles. The maximum atomic E-state index is 3.75. The number of allylic oxidation sites excluding steroid dienone is 2. The molecule has 0 bridgehead atoms. The van der Waals surface area contributed by atoms with E-state index in [2.05, 4.69) is 26.8 Å². The Bertz CT molecular complexity index is 84.6. The summed E-state index contributed by atoms with van der Waals surface area (Å²) in [4.78, 5) is 0. The van der Waals surface area contributed by atoms with Gasteiger partial charge in [0.1, 0.15) is 0 Å². The summed E-state index contributed by atoms with van der Waals surface area (Å²) >= 11 is 1.90. The van der Waals surface area contributed by atoms with E-state index >= 15 is 0 Å². The van der Waals surface area contributed by atoms with Crippen LogP contribution in [0.2, 0.25) is 0 Å². The summed E-state index contributed by atoms with van der Waals surface area (Å²) in [5.74, 6) is 2.22. The molecule has 0 nitrogen and oxygen atoms in total. The van der Waals surface area contributed by atoms with Gasteiger partial charge in [-0.2, -0.15) is 11.8 Å². The summed E-state index contributed by atoms with van der Waals surface area (Å²) in [7, 11) is 0. The molecule has 0 fully saturated rings. The maximum Gasteiger partial charge on any atom is -0.00303 e. The lowest BCUT2D eigenvalue weighted by molar-refractivity contribution is 1.11. The molecule has 0 rings (SSSR count). The van der Waals surface area contributed by atoms with Crippen LogP contribution in [-0.2, 0) is 0 Å². The minimum absolute atomic E-state index is 0.997. The molecule has 0 aromatic carbocycles. The highest BCUT2D eigenvalue weighted by Gasteiger charge is 1.86. The molecule has 0 saturated heterocycles. The Kier molecular flexibility index (Phi) is 6.28. The van der Waals surface area contributed by atoms with Gasteiger partial charge in [-0.15, -0.1) is 0 Å². The molecule has 0 amide bonds.